The van der Waals surface area contributed by atoms with E-state index in [1.54, 1.807) is 6.92 Å². The molecule has 2 aromatic carbocycles. The van der Waals surface area contributed by atoms with Crippen molar-refractivity contribution in [2.45, 2.75) is 58.2 Å². The minimum Gasteiger partial charge on any atom is -0.480 e. The molecule has 3 rings (SSSR count). The zero-order chi connectivity index (χ0) is 25.8. The largest absolute Gasteiger partial charge is 0.480 e. The Bertz CT molecular complexity index is 1030. The first kappa shape index (κ1) is 26.2. The molecule has 35 heavy (non-hydrogen) atoms. The Morgan fingerprint density at radius 3 is 2.00 bits per heavy atom. The lowest BCUT2D eigenvalue weighted by Gasteiger charge is -2.28. The number of carboxylic acids is 1. The molecule has 1 aliphatic carbocycles. The third-order valence-corrected chi connectivity index (χ3v) is 6.17. The summed E-state index contributed by atoms with van der Waals surface area (Å²) in [5.41, 5.74) is 4.10. The predicted molar refractivity (Wildman–Crippen MR) is 132 cm³/mol. The summed E-state index contributed by atoms with van der Waals surface area (Å²) in [6, 6.07) is 13.8. The zero-order valence-corrected chi connectivity index (χ0v) is 20.8. The molecular formula is C27H34N2O6. The summed E-state index contributed by atoms with van der Waals surface area (Å²) in [5.74, 6) is -1.94. The molecule has 2 aromatic rings. The highest BCUT2D eigenvalue weighted by atomic mass is 16.5. The number of ether oxygens (including phenoxy) is 2. The molecule has 188 valence electrons. The fourth-order valence-corrected chi connectivity index (χ4v) is 4.37. The van der Waals surface area contributed by atoms with Gasteiger partial charge in [-0.05, 0) is 41.0 Å². The second-order valence-electron chi connectivity index (χ2n) is 10.1. The molecule has 8 heteroatoms. The van der Waals surface area contributed by atoms with Crippen molar-refractivity contribution < 1.29 is 29.0 Å². The van der Waals surface area contributed by atoms with Crippen LogP contribution in [0.25, 0.3) is 11.1 Å². The van der Waals surface area contributed by atoms with Gasteiger partial charge in [0.15, 0.2) is 6.04 Å². The van der Waals surface area contributed by atoms with Gasteiger partial charge in [0, 0.05) is 13.0 Å². The SMILES string of the molecule is COC(C)C(NC(=O)C(CC(C)(C)C)NC(=O)OCC1c2ccccc2-c2ccccc21)C(=O)O. The average Bonchev–Trinajstić information content (AvgIpc) is 3.12. The predicted octanol–water partition coefficient (Wildman–Crippen LogP) is 3.93. The highest BCUT2D eigenvalue weighted by Crippen LogP contribution is 2.44. The number of alkyl carbamates (subject to hydrolysis) is 1. The van der Waals surface area contributed by atoms with Crippen LogP contribution in [-0.2, 0) is 19.1 Å². The van der Waals surface area contributed by atoms with Crippen molar-refractivity contribution in [3.8, 4) is 11.1 Å². The molecule has 0 radical (unpaired) electrons. The van der Waals surface area contributed by atoms with E-state index in [0.717, 1.165) is 22.3 Å². The van der Waals surface area contributed by atoms with E-state index in [4.69, 9.17) is 9.47 Å². The fraction of sp³-hybridized carbons (Fsp3) is 0.444. The molecule has 1 aliphatic rings. The summed E-state index contributed by atoms with van der Waals surface area (Å²) in [7, 11) is 1.37. The number of hydrogen-bond donors (Lipinski definition) is 3. The summed E-state index contributed by atoms with van der Waals surface area (Å²) in [5, 5.41) is 14.6. The Morgan fingerprint density at radius 2 is 1.51 bits per heavy atom. The summed E-state index contributed by atoms with van der Waals surface area (Å²) < 4.78 is 10.7. The summed E-state index contributed by atoms with van der Waals surface area (Å²) in [6.07, 6.45) is -1.19. The van der Waals surface area contributed by atoms with Gasteiger partial charge in [0.1, 0.15) is 12.6 Å². The molecule has 0 aliphatic heterocycles. The number of aliphatic carboxylic acids is 1. The monoisotopic (exact) mass is 482 g/mol. The molecule has 0 saturated heterocycles. The number of hydrogen-bond acceptors (Lipinski definition) is 5. The van der Waals surface area contributed by atoms with Crippen molar-refractivity contribution in [2.24, 2.45) is 5.41 Å². The summed E-state index contributed by atoms with van der Waals surface area (Å²) in [6.45, 7) is 7.45. The van der Waals surface area contributed by atoms with E-state index in [-0.39, 0.29) is 24.4 Å². The molecule has 3 unspecified atom stereocenters. The van der Waals surface area contributed by atoms with Crippen molar-refractivity contribution >= 4 is 18.0 Å². The molecule has 0 saturated carbocycles. The topological polar surface area (TPSA) is 114 Å². The lowest BCUT2D eigenvalue weighted by atomic mass is 9.87. The molecule has 0 heterocycles. The summed E-state index contributed by atoms with van der Waals surface area (Å²) >= 11 is 0. The van der Waals surface area contributed by atoms with Gasteiger partial charge in [-0.3, -0.25) is 4.79 Å². The molecule has 0 fully saturated rings. The first-order chi connectivity index (χ1) is 16.5. The van der Waals surface area contributed by atoms with Crippen LogP contribution >= 0.6 is 0 Å². The van der Waals surface area contributed by atoms with Crippen molar-refractivity contribution in [1.82, 2.24) is 10.6 Å². The Morgan fingerprint density at radius 1 is 0.971 bits per heavy atom. The van der Waals surface area contributed by atoms with Gasteiger partial charge in [0.2, 0.25) is 5.91 Å². The maximum absolute atomic E-state index is 13.0. The van der Waals surface area contributed by atoms with E-state index in [1.165, 1.54) is 7.11 Å². The van der Waals surface area contributed by atoms with Gasteiger partial charge in [-0.1, -0.05) is 69.3 Å². The van der Waals surface area contributed by atoms with Gasteiger partial charge in [-0.15, -0.1) is 0 Å². The van der Waals surface area contributed by atoms with Crippen molar-refractivity contribution in [3.63, 3.8) is 0 Å². The second kappa shape index (κ2) is 10.9. The molecular weight excluding hydrogens is 448 g/mol. The minimum absolute atomic E-state index is 0.109. The number of nitrogens with one attached hydrogen (secondary N) is 2. The van der Waals surface area contributed by atoms with Crippen LogP contribution in [-0.4, -0.2) is 55.0 Å². The third-order valence-electron chi connectivity index (χ3n) is 6.17. The van der Waals surface area contributed by atoms with Gasteiger partial charge in [0.25, 0.3) is 0 Å². The van der Waals surface area contributed by atoms with E-state index >= 15 is 0 Å². The Balaban J connectivity index is 1.70. The minimum atomic E-state index is -1.25. The second-order valence-corrected chi connectivity index (χ2v) is 10.1. The van der Waals surface area contributed by atoms with Crippen LogP contribution in [0.15, 0.2) is 48.5 Å². The number of carboxylic acid groups (broad SMARTS) is 1. The number of fused-ring (bicyclic) bond motifs is 3. The van der Waals surface area contributed by atoms with Gasteiger partial charge >= 0.3 is 12.1 Å². The molecule has 0 bridgehead atoms. The maximum atomic E-state index is 13.0. The van der Waals surface area contributed by atoms with E-state index in [0.29, 0.717) is 0 Å². The van der Waals surface area contributed by atoms with E-state index in [1.807, 2.05) is 57.2 Å². The lowest BCUT2D eigenvalue weighted by molar-refractivity contribution is -0.145. The maximum Gasteiger partial charge on any atom is 0.407 e. The Hall–Kier alpha value is -3.39. The standard InChI is InChI=1S/C27H34N2O6/c1-16(34-5)23(25(31)32)29-24(30)22(14-27(2,3)4)28-26(33)35-15-21-19-12-8-6-10-17(19)18-11-7-9-13-20(18)21/h6-13,16,21-23H,14-15H2,1-5H3,(H,28,33)(H,29,30)(H,31,32). The number of carbonyl (C=O) groups is 3. The number of methoxy groups -OCH3 is 1. The van der Waals surface area contributed by atoms with Crippen LogP contribution in [0, 0.1) is 5.41 Å². The van der Waals surface area contributed by atoms with E-state index < -0.39 is 36.2 Å². The number of benzene rings is 2. The van der Waals surface area contributed by atoms with Crippen molar-refractivity contribution in [1.29, 1.82) is 0 Å². The van der Waals surface area contributed by atoms with Crippen molar-refractivity contribution in [2.75, 3.05) is 13.7 Å². The van der Waals surface area contributed by atoms with Crippen LogP contribution in [0.2, 0.25) is 0 Å². The smallest absolute Gasteiger partial charge is 0.407 e. The van der Waals surface area contributed by atoms with Crippen LogP contribution in [0.4, 0.5) is 4.79 Å². The lowest BCUT2D eigenvalue weighted by Crippen LogP contribution is -2.55. The zero-order valence-electron chi connectivity index (χ0n) is 20.8. The molecule has 0 aromatic heterocycles. The summed E-state index contributed by atoms with van der Waals surface area (Å²) in [4.78, 5) is 37.4. The molecule has 8 nitrogen and oxygen atoms in total. The van der Waals surface area contributed by atoms with E-state index in [2.05, 4.69) is 22.8 Å². The quantitative estimate of drug-likeness (QED) is 0.499. The first-order valence-electron chi connectivity index (χ1n) is 11.7. The Kier molecular flexibility index (Phi) is 8.17. The molecule has 3 N–H and O–H groups in total. The van der Waals surface area contributed by atoms with Gasteiger partial charge < -0.3 is 25.2 Å². The van der Waals surface area contributed by atoms with E-state index in [9.17, 15) is 19.5 Å². The number of rotatable bonds is 9. The van der Waals surface area contributed by atoms with Crippen LogP contribution in [0.1, 0.15) is 51.2 Å². The van der Waals surface area contributed by atoms with Crippen LogP contribution in [0.3, 0.4) is 0 Å². The fourth-order valence-electron chi connectivity index (χ4n) is 4.37. The van der Waals surface area contributed by atoms with Gasteiger partial charge in [-0.25, -0.2) is 9.59 Å². The highest BCUT2D eigenvalue weighted by Gasteiger charge is 2.34. The third kappa shape index (κ3) is 6.39. The van der Waals surface area contributed by atoms with Crippen LogP contribution < -0.4 is 10.6 Å². The van der Waals surface area contributed by atoms with Gasteiger partial charge in [0.05, 0.1) is 6.10 Å². The van der Waals surface area contributed by atoms with Gasteiger partial charge in [-0.2, -0.15) is 0 Å². The van der Waals surface area contributed by atoms with Crippen LogP contribution in [0.5, 0.6) is 0 Å². The normalized spacial score (nSPS) is 15.3. The molecule has 3 atom stereocenters. The first-order valence-corrected chi connectivity index (χ1v) is 11.7. The Labute approximate surface area is 206 Å². The number of carbonyl (C=O) groups excluding carboxylic acids is 2. The average molecular weight is 483 g/mol. The molecule has 0 spiro atoms. The molecule has 2 amide bonds. The number of amides is 2. The highest BCUT2D eigenvalue weighted by molar-refractivity contribution is 5.89. The van der Waals surface area contributed by atoms with Crippen molar-refractivity contribution in [3.05, 3.63) is 59.7 Å².